The Bertz CT molecular complexity index is 1080. The Balaban J connectivity index is 1.88. The van der Waals surface area contributed by atoms with Crippen LogP contribution in [0.4, 0.5) is 10.2 Å². The summed E-state index contributed by atoms with van der Waals surface area (Å²) < 4.78 is 21.8. The molecule has 0 aliphatic rings. The number of aliphatic hydroxyl groups is 1. The fraction of sp³-hybridized carbons (Fsp3) is 0.348. The standard InChI is InChI=1S/C23H27FN4O4/c1-14(2)10-17(22(30)27-19-12-25-8-9-26-19)28-13-15(11-20(28)29)32-18-7-5-6-16(21(18)24)23(3,4)31/h5-9,11-14,17,29,31H,10H2,1-4H3,(H,26,27,30)/t17-/m0/s1. The van der Waals surface area contributed by atoms with Crippen molar-refractivity contribution in [3.05, 3.63) is 60.4 Å². The molecule has 3 aromatic rings. The van der Waals surface area contributed by atoms with Gasteiger partial charge in [-0.05, 0) is 32.3 Å². The van der Waals surface area contributed by atoms with Crippen molar-refractivity contribution in [2.75, 3.05) is 5.32 Å². The summed E-state index contributed by atoms with van der Waals surface area (Å²) >= 11 is 0. The van der Waals surface area contributed by atoms with Crippen LogP contribution in [0.1, 0.15) is 45.7 Å². The minimum Gasteiger partial charge on any atom is -0.494 e. The molecule has 8 nitrogen and oxygen atoms in total. The van der Waals surface area contributed by atoms with Gasteiger partial charge in [0.15, 0.2) is 23.3 Å². The molecule has 0 spiro atoms. The summed E-state index contributed by atoms with van der Waals surface area (Å²) in [4.78, 5) is 20.9. The summed E-state index contributed by atoms with van der Waals surface area (Å²) in [5.74, 6) is -0.821. The number of nitrogens with zero attached hydrogens (tertiary/aromatic N) is 3. The molecule has 0 aliphatic heterocycles. The van der Waals surface area contributed by atoms with Gasteiger partial charge in [0.2, 0.25) is 5.91 Å². The van der Waals surface area contributed by atoms with E-state index >= 15 is 0 Å². The van der Waals surface area contributed by atoms with Crippen LogP contribution in [-0.2, 0) is 10.4 Å². The number of ether oxygens (including phenoxy) is 1. The minimum atomic E-state index is -1.39. The molecular formula is C23H27FN4O4. The lowest BCUT2D eigenvalue weighted by molar-refractivity contribution is -0.119. The van der Waals surface area contributed by atoms with E-state index in [1.807, 2.05) is 13.8 Å². The first-order chi connectivity index (χ1) is 15.1. The zero-order valence-electron chi connectivity index (χ0n) is 18.4. The Morgan fingerprint density at radius 1 is 1.31 bits per heavy atom. The molecule has 1 amide bonds. The van der Waals surface area contributed by atoms with Gasteiger partial charge < -0.3 is 24.8 Å². The zero-order valence-corrected chi connectivity index (χ0v) is 18.4. The third-order valence-electron chi connectivity index (χ3n) is 4.80. The molecule has 2 heterocycles. The van der Waals surface area contributed by atoms with Crippen molar-refractivity contribution in [3.8, 4) is 17.4 Å². The monoisotopic (exact) mass is 442 g/mol. The third-order valence-corrected chi connectivity index (χ3v) is 4.80. The maximum atomic E-state index is 14.8. The van der Waals surface area contributed by atoms with Crippen molar-refractivity contribution in [3.63, 3.8) is 0 Å². The lowest BCUT2D eigenvalue weighted by Crippen LogP contribution is -2.27. The van der Waals surface area contributed by atoms with Crippen molar-refractivity contribution in [2.45, 2.75) is 45.8 Å². The largest absolute Gasteiger partial charge is 0.494 e. The van der Waals surface area contributed by atoms with Crippen LogP contribution in [0.5, 0.6) is 17.4 Å². The van der Waals surface area contributed by atoms with E-state index in [0.717, 1.165) is 0 Å². The van der Waals surface area contributed by atoms with Crippen molar-refractivity contribution in [1.29, 1.82) is 0 Å². The first kappa shape index (κ1) is 23.2. The van der Waals surface area contributed by atoms with Crippen LogP contribution in [0.2, 0.25) is 0 Å². The molecule has 9 heteroatoms. The van der Waals surface area contributed by atoms with Crippen molar-refractivity contribution in [2.24, 2.45) is 5.92 Å². The quantitative estimate of drug-likeness (QED) is 0.478. The molecule has 0 radical (unpaired) electrons. The van der Waals surface area contributed by atoms with Crippen LogP contribution in [-0.4, -0.2) is 30.7 Å². The van der Waals surface area contributed by atoms with Crippen molar-refractivity contribution in [1.82, 2.24) is 14.5 Å². The minimum absolute atomic E-state index is 0.0830. The zero-order chi connectivity index (χ0) is 23.5. The number of halogens is 1. The molecule has 0 unspecified atom stereocenters. The van der Waals surface area contributed by atoms with Crippen molar-refractivity contribution < 1.29 is 24.1 Å². The van der Waals surface area contributed by atoms with Gasteiger partial charge >= 0.3 is 0 Å². The van der Waals surface area contributed by atoms with E-state index in [2.05, 4.69) is 15.3 Å². The first-order valence-corrected chi connectivity index (χ1v) is 10.2. The smallest absolute Gasteiger partial charge is 0.248 e. The normalized spacial score (nSPS) is 12.6. The van der Waals surface area contributed by atoms with Crippen LogP contribution in [0.25, 0.3) is 0 Å². The lowest BCUT2D eigenvalue weighted by atomic mass is 9.97. The first-order valence-electron chi connectivity index (χ1n) is 10.2. The Hall–Kier alpha value is -3.46. The number of carbonyl (C=O) groups is 1. The molecular weight excluding hydrogens is 415 g/mol. The highest BCUT2D eigenvalue weighted by molar-refractivity contribution is 5.93. The average Bonchev–Trinajstić information content (AvgIpc) is 3.07. The van der Waals surface area contributed by atoms with Gasteiger partial charge in [-0.15, -0.1) is 0 Å². The Kier molecular flexibility index (Phi) is 6.78. The number of anilines is 1. The number of aromatic nitrogens is 3. The van der Waals surface area contributed by atoms with Crippen LogP contribution < -0.4 is 10.1 Å². The predicted octanol–water partition coefficient (Wildman–Crippen LogP) is 4.37. The van der Waals surface area contributed by atoms with Gasteiger partial charge in [-0.3, -0.25) is 9.78 Å². The second kappa shape index (κ2) is 9.35. The topological polar surface area (TPSA) is 110 Å². The molecule has 0 fully saturated rings. The molecule has 0 saturated heterocycles. The fourth-order valence-electron chi connectivity index (χ4n) is 3.30. The molecule has 0 bridgehead atoms. The molecule has 0 saturated carbocycles. The molecule has 3 N–H and O–H groups in total. The molecule has 2 aromatic heterocycles. The summed E-state index contributed by atoms with van der Waals surface area (Å²) in [7, 11) is 0. The molecule has 3 rings (SSSR count). The fourth-order valence-corrected chi connectivity index (χ4v) is 3.30. The molecule has 1 atom stereocenters. The summed E-state index contributed by atoms with van der Waals surface area (Å²) in [6, 6.07) is 5.01. The number of benzene rings is 1. The number of rotatable bonds is 8. The molecule has 170 valence electrons. The van der Waals surface area contributed by atoms with E-state index < -0.39 is 17.5 Å². The Morgan fingerprint density at radius 3 is 2.69 bits per heavy atom. The van der Waals surface area contributed by atoms with Crippen LogP contribution in [0, 0.1) is 11.7 Å². The summed E-state index contributed by atoms with van der Waals surface area (Å²) in [6.07, 6.45) is 6.25. The van der Waals surface area contributed by atoms with E-state index in [-0.39, 0.29) is 34.8 Å². The Labute approximate surface area is 185 Å². The van der Waals surface area contributed by atoms with Crippen molar-refractivity contribution >= 4 is 11.7 Å². The van der Waals surface area contributed by atoms with Gasteiger partial charge in [-0.25, -0.2) is 9.37 Å². The van der Waals surface area contributed by atoms with Crippen LogP contribution in [0.3, 0.4) is 0 Å². The SMILES string of the molecule is CC(C)C[C@@H](C(=O)Nc1cnccn1)n1cc(Oc2cccc(C(C)(C)O)c2F)cc1O. The van der Waals surface area contributed by atoms with Gasteiger partial charge in [0.25, 0.3) is 0 Å². The maximum absolute atomic E-state index is 14.8. The molecule has 0 aliphatic carbocycles. The van der Waals surface area contributed by atoms with Crippen LogP contribution >= 0.6 is 0 Å². The highest BCUT2D eigenvalue weighted by Crippen LogP contribution is 2.35. The van der Waals surface area contributed by atoms with Gasteiger partial charge in [-0.1, -0.05) is 26.0 Å². The summed E-state index contributed by atoms with van der Waals surface area (Å²) in [5.41, 5.74) is -1.31. The van der Waals surface area contributed by atoms with Gasteiger partial charge in [0.1, 0.15) is 11.8 Å². The van der Waals surface area contributed by atoms with E-state index in [0.29, 0.717) is 12.2 Å². The second-order valence-electron chi connectivity index (χ2n) is 8.45. The number of hydrogen-bond donors (Lipinski definition) is 3. The highest BCUT2D eigenvalue weighted by atomic mass is 19.1. The predicted molar refractivity (Wildman–Crippen MR) is 117 cm³/mol. The summed E-state index contributed by atoms with van der Waals surface area (Å²) in [6.45, 7) is 6.86. The van der Waals surface area contributed by atoms with E-state index in [4.69, 9.17) is 4.74 Å². The Morgan fingerprint density at radius 2 is 2.06 bits per heavy atom. The molecule has 32 heavy (non-hydrogen) atoms. The van der Waals surface area contributed by atoms with Gasteiger partial charge in [0, 0.05) is 24.0 Å². The van der Waals surface area contributed by atoms with Gasteiger partial charge in [-0.2, -0.15) is 0 Å². The van der Waals surface area contributed by atoms with E-state index in [1.165, 1.54) is 61.4 Å². The number of hydrogen-bond acceptors (Lipinski definition) is 6. The van der Waals surface area contributed by atoms with E-state index in [9.17, 15) is 19.4 Å². The molecule has 1 aromatic carbocycles. The third kappa shape index (κ3) is 5.42. The number of amides is 1. The number of aromatic hydroxyl groups is 1. The summed E-state index contributed by atoms with van der Waals surface area (Å²) in [5, 5.41) is 23.3. The average molecular weight is 442 g/mol. The lowest BCUT2D eigenvalue weighted by Gasteiger charge is -2.21. The number of carbonyl (C=O) groups excluding carboxylic acids is 1. The maximum Gasteiger partial charge on any atom is 0.248 e. The van der Waals surface area contributed by atoms with E-state index in [1.54, 1.807) is 6.07 Å². The van der Waals surface area contributed by atoms with Crippen LogP contribution in [0.15, 0.2) is 49.1 Å². The highest BCUT2D eigenvalue weighted by Gasteiger charge is 2.27. The number of nitrogens with one attached hydrogen (secondary N) is 1. The second-order valence-corrected chi connectivity index (χ2v) is 8.45. The van der Waals surface area contributed by atoms with Gasteiger partial charge in [0.05, 0.1) is 18.0 Å².